The normalized spacial score (nSPS) is 33.4. The highest BCUT2D eigenvalue weighted by molar-refractivity contribution is 5.79. The van der Waals surface area contributed by atoms with Crippen LogP contribution in [-0.2, 0) is 15.8 Å². The van der Waals surface area contributed by atoms with Crippen LogP contribution in [0.3, 0.4) is 0 Å². The average Bonchev–Trinajstić information content (AvgIpc) is 3.94. The summed E-state index contributed by atoms with van der Waals surface area (Å²) in [6, 6.07) is 21.6. The van der Waals surface area contributed by atoms with Crippen LogP contribution in [0.25, 0.3) is 0 Å². The van der Waals surface area contributed by atoms with Crippen LogP contribution in [0, 0.1) is 5.92 Å². The molecular formula is C46H68N6O5. The molecule has 312 valence electrons. The highest BCUT2D eigenvalue weighted by Gasteiger charge is 2.59. The van der Waals surface area contributed by atoms with Gasteiger partial charge < -0.3 is 30.1 Å². The lowest BCUT2D eigenvalue weighted by molar-refractivity contribution is -0.140. The third kappa shape index (κ3) is 7.38. The van der Waals surface area contributed by atoms with Gasteiger partial charge in [-0.3, -0.25) is 14.7 Å². The molecule has 2 aromatic carbocycles. The van der Waals surface area contributed by atoms with E-state index in [1.165, 1.54) is 24.0 Å². The molecule has 4 amide bonds. The molecule has 57 heavy (non-hydrogen) atoms. The molecule has 11 heteroatoms. The molecule has 7 aliphatic rings. The van der Waals surface area contributed by atoms with Gasteiger partial charge in [0.2, 0.25) is 0 Å². The SMILES string of the molecule is CN(C)C1(c2ccccc2)CCC2(CC1)CN(C1(O)CCOCC1)C(=O)N2CC1CC1.CN(C)C1(c2ccccc2)CCC2(CC1)CNC(=O)N2CC1(O)CCC1. The van der Waals surface area contributed by atoms with Crippen molar-refractivity contribution in [1.29, 1.82) is 0 Å². The summed E-state index contributed by atoms with van der Waals surface area (Å²) < 4.78 is 5.48. The quantitative estimate of drug-likeness (QED) is 0.282. The zero-order valence-electron chi connectivity index (χ0n) is 35.1. The number of β-amino-alcohol motifs (C(OH)–C–C–N with tert-alkyl or cyclic N) is 1. The molecule has 3 aliphatic heterocycles. The van der Waals surface area contributed by atoms with Gasteiger partial charge in [0.25, 0.3) is 0 Å². The second kappa shape index (κ2) is 15.4. The van der Waals surface area contributed by atoms with Gasteiger partial charge in [0.05, 0.1) is 36.4 Å². The molecule has 4 aliphatic carbocycles. The summed E-state index contributed by atoms with van der Waals surface area (Å²) in [7, 11) is 8.70. The fourth-order valence-corrected chi connectivity index (χ4v) is 11.5. The lowest BCUT2D eigenvalue weighted by Crippen LogP contribution is -2.59. The fourth-order valence-electron chi connectivity index (χ4n) is 11.5. The van der Waals surface area contributed by atoms with E-state index in [1.807, 2.05) is 9.80 Å². The Morgan fingerprint density at radius 1 is 0.684 bits per heavy atom. The number of ether oxygens (including phenoxy) is 1. The van der Waals surface area contributed by atoms with Gasteiger partial charge in [0, 0.05) is 43.6 Å². The van der Waals surface area contributed by atoms with Gasteiger partial charge in [-0.15, -0.1) is 0 Å². The fraction of sp³-hybridized carbons (Fsp3) is 0.696. The summed E-state index contributed by atoms with van der Waals surface area (Å²) in [5.41, 5.74) is 0.731. The van der Waals surface area contributed by atoms with Gasteiger partial charge in [0.1, 0.15) is 5.72 Å². The topological polar surface area (TPSA) is 112 Å². The Morgan fingerprint density at radius 2 is 1.19 bits per heavy atom. The van der Waals surface area contributed by atoms with Crippen LogP contribution in [-0.4, -0.2) is 137 Å². The summed E-state index contributed by atoms with van der Waals surface area (Å²) in [6.45, 7) is 3.73. The van der Waals surface area contributed by atoms with Crippen molar-refractivity contribution >= 4 is 12.1 Å². The van der Waals surface area contributed by atoms with E-state index in [9.17, 15) is 19.8 Å². The second-order valence-electron chi connectivity index (χ2n) is 19.4. The van der Waals surface area contributed by atoms with Crippen LogP contribution in [0.5, 0.6) is 0 Å². The number of nitrogens with zero attached hydrogens (tertiary/aromatic N) is 5. The Balaban J connectivity index is 0.000000162. The average molecular weight is 785 g/mol. The molecular weight excluding hydrogens is 717 g/mol. The van der Waals surface area contributed by atoms with Crippen LogP contribution >= 0.6 is 0 Å². The minimum Gasteiger partial charge on any atom is -0.388 e. The molecule has 9 rings (SSSR count). The Morgan fingerprint density at radius 3 is 1.65 bits per heavy atom. The molecule has 7 fully saturated rings. The maximum absolute atomic E-state index is 13.7. The van der Waals surface area contributed by atoms with E-state index in [0.717, 1.165) is 77.2 Å². The number of carbonyl (C=O) groups is 2. The first-order valence-electron chi connectivity index (χ1n) is 21.9. The van der Waals surface area contributed by atoms with Crippen molar-refractivity contribution in [3.8, 4) is 0 Å². The van der Waals surface area contributed by atoms with Crippen molar-refractivity contribution < 1.29 is 24.5 Å². The van der Waals surface area contributed by atoms with Gasteiger partial charge in [-0.1, -0.05) is 60.7 Å². The highest BCUT2D eigenvalue weighted by Crippen LogP contribution is 2.52. The number of benzene rings is 2. The number of amides is 4. The summed E-state index contributed by atoms with van der Waals surface area (Å²) in [5, 5.41) is 25.1. The number of aliphatic hydroxyl groups is 2. The van der Waals surface area contributed by atoms with Crippen LogP contribution in [0.15, 0.2) is 60.7 Å². The van der Waals surface area contributed by atoms with Crippen molar-refractivity contribution in [2.45, 2.75) is 130 Å². The Labute approximate surface area is 340 Å². The van der Waals surface area contributed by atoms with Crippen molar-refractivity contribution in [3.63, 3.8) is 0 Å². The van der Waals surface area contributed by atoms with Gasteiger partial charge in [-0.2, -0.15) is 0 Å². The van der Waals surface area contributed by atoms with Crippen molar-refractivity contribution in [1.82, 2.24) is 29.8 Å². The first-order chi connectivity index (χ1) is 27.3. The van der Waals surface area contributed by atoms with Gasteiger partial charge in [-0.25, -0.2) is 9.59 Å². The smallest absolute Gasteiger partial charge is 0.322 e. The van der Waals surface area contributed by atoms with E-state index in [1.54, 1.807) is 0 Å². The number of carbonyl (C=O) groups excluding carboxylic acids is 2. The summed E-state index contributed by atoms with van der Waals surface area (Å²) >= 11 is 0. The van der Waals surface area contributed by atoms with E-state index < -0.39 is 11.3 Å². The van der Waals surface area contributed by atoms with Crippen molar-refractivity contribution in [2.75, 3.05) is 67.6 Å². The molecule has 0 radical (unpaired) electrons. The number of rotatable bonds is 9. The molecule has 11 nitrogen and oxygen atoms in total. The monoisotopic (exact) mass is 785 g/mol. The maximum Gasteiger partial charge on any atom is 0.322 e. The van der Waals surface area contributed by atoms with Crippen LogP contribution in [0.4, 0.5) is 9.59 Å². The van der Waals surface area contributed by atoms with Crippen LogP contribution in [0.2, 0.25) is 0 Å². The predicted octanol–water partition coefficient (Wildman–Crippen LogP) is 6.10. The number of hydrogen-bond donors (Lipinski definition) is 3. The molecule has 3 N–H and O–H groups in total. The zero-order valence-corrected chi connectivity index (χ0v) is 35.1. The molecule has 2 spiro atoms. The standard InChI is InChI=1S/C25H37N3O3.C21H31N3O2/c1-26(2)24(21-6-4-3-5-7-21)12-10-23(11-13-24)19-28(25(30)14-16-31-17-15-25)22(29)27(23)18-20-8-9-20;1-23(2)21(17-7-4-3-5-8-17)13-11-19(12-14-21)15-22-18(25)24(19)16-20(26)9-6-10-20/h3-7,20,30H,8-19H2,1-2H3;3-5,7-8,26H,6,9-16H2,1-2H3,(H,22,25). The third-order valence-electron chi connectivity index (χ3n) is 15.9. The number of hydrogen-bond acceptors (Lipinski definition) is 7. The summed E-state index contributed by atoms with van der Waals surface area (Å²) in [5.74, 6) is 0.639. The maximum atomic E-state index is 13.7. The minimum atomic E-state index is -1.06. The van der Waals surface area contributed by atoms with Crippen molar-refractivity contribution in [2.24, 2.45) is 5.92 Å². The first-order valence-corrected chi connectivity index (χ1v) is 21.9. The Bertz CT molecular complexity index is 1710. The third-order valence-corrected chi connectivity index (χ3v) is 15.9. The second-order valence-corrected chi connectivity index (χ2v) is 19.4. The number of nitrogens with one attached hydrogen (secondary N) is 1. The molecule has 0 unspecified atom stereocenters. The Kier molecular flexibility index (Phi) is 11.0. The van der Waals surface area contributed by atoms with Gasteiger partial charge >= 0.3 is 12.1 Å². The molecule has 0 bridgehead atoms. The predicted molar refractivity (Wildman–Crippen MR) is 221 cm³/mol. The lowest BCUT2D eigenvalue weighted by Gasteiger charge is -2.52. The molecule has 0 aromatic heterocycles. The summed E-state index contributed by atoms with van der Waals surface area (Å²) in [4.78, 5) is 36.8. The minimum absolute atomic E-state index is 0.00221. The van der Waals surface area contributed by atoms with Crippen LogP contribution < -0.4 is 5.32 Å². The highest BCUT2D eigenvalue weighted by atomic mass is 16.5. The number of urea groups is 2. The molecule has 2 aromatic rings. The van der Waals surface area contributed by atoms with E-state index >= 15 is 0 Å². The van der Waals surface area contributed by atoms with Gasteiger partial charge in [0.15, 0.2) is 0 Å². The van der Waals surface area contributed by atoms with E-state index in [4.69, 9.17) is 4.74 Å². The van der Waals surface area contributed by atoms with E-state index in [2.05, 4.69) is 109 Å². The van der Waals surface area contributed by atoms with E-state index in [-0.39, 0.29) is 34.2 Å². The summed E-state index contributed by atoms with van der Waals surface area (Å²) in [6.07, 6.45) is 14.1. The van der Waals surface area contributed by atoms with Gasteiger partial charge in [-0.05, 0) is 129 Å². The van der Waals surface area contributed by atoms with E-state index in [0.29, 0.717) is 51.6 Å². The molecule has 3 saturated heterocycles. The molecule has 3 heterocycles. The molecule has 0 atom stereocenters. The Hall–Kier alpha value is -3.22. The largest absolute Gasteiger partial charge is 0.388 e. The van der Waals surface area contributed by atoms with Crippen molar-refractivity contribution in [3.05, 3.63) is 71.8 Å². The lowest BCUT2D eigenvalue weighted by atomic mass is 9.68. The van der Waals surface area contributed by atoms with Crippen LogP contribution in [0.1, 0.15) is 107 Å². The first kappa shape index (κ1) is 40.6. The zero-order chi connectivity index (χ0) is 40.1. The molecule has 4 saturated carbocycles.